The molecule has 0 unspecified atom stereocenters. The van der Waals surface area contributed by atoms with E-state index in [0.29, 0.717) is 18.3 Å². The molecule has 0 spiro atoms. The molecule has 1 aliphatic carbocycles. The number of hydrogen-bond acceptors (Lipinski definition) is 6. The van der Waals surface area contributed by atoms with Crippen molar-refractivity contribution < 1.29 is 14.1 Å². The Bertz CT molecular complexity index is 1210. The molecule has 2 aromatic carbocycles. The van der Waals surface area contributed by atoms with Crippen molar-refractivity contribution in [2.45, 2.75) is 66.3 Å². The number of aromatic nitrogens is 2. The number of unbranched alkanes of at least 4 members (excludes halogenated alkanes) is 2. The first-order chi connectivity index (χ1) is 17.9. The second-order valence-corrected chi connectivity index (χ2v) is 9.89. The molecule has 2 amide bonds. The summed E-state index contributed by atoms with van der Waals surface area (Å²) in [4.78, 5) is 34.5. The summed E-state index contributed by atoms with van der Waals surface area (Å²) in [5, 5.41) is 7.05. The molecule has 1 N–H and O–H groups in total. The van der Waals surface area contributed by atoms with Crippen LogP contribution in [0.4, 0.5) is 5.69 Å². The predicted molar refractivity (Wildman–Crippen MR) is 151 cm³/mol. The summed E-state index contributed by atoms with van der Waals surface area (Å²) < 4.78 is 5.16. The molecular weight excluding hydrogens is 478 g/mol. The minimum Gasteiger partial charge on any atom is -0.355 e. The number of aryl methyl sites for hydroxylation is 2. The topological polar surface area (TPSA) is 91.6 Å². The molecule has 0 aliphatic heterocycles. The summed E-state index contributed by atoms with van der Waals surface area (Å²) in [7, 11) is 1.87. The summed E-state index contributed by atoms with van der Waals surface area (Å²) in [6.45, 7) is 6.68. The van der Waals surface area contributed by atoms with Gasteiger partial charge < -0.3 is 19.6 Å². The Balaban J connectivity index is 0.00000400. The summed E-state index contributed by atoms with van der Waals surface area (Å²) in [6.07, 6.45) is 4.81. The van der Waals surface area contributed by atoms with E-state index in [1.165, 1.54) is 11.1 Å². The fourth-order valence-electron chi connectivity index (χ4n) is 4.85. The van der Waals surface area contributed by atoms with Gasteiger partial charge in [-0.05, 0) is 48.9 Å². The zero-order valence-corrected chi connectivity index (χ0v) is 22.3. The van der Waals surface area contributed by atoms with Crippen molar-refractivity contribution in [2.75, 3.05) is 31.6 Å². The molecule has 8 heteroatoms. The van der Waals surface area contributed by atoms with Gasteiger partial charge >= 0.3 is 0 Å². The molecular formula is C30H41N5O3. The number of nitrogens with one attached hydrogen (secondary N) is 1. The fourth-order valence-corrected chi connectivity index (χ4v) is 4.85. The number of carbonyl (C=O) groups excluding carboxylic acids is 2. The first kappa shape index (κ1) is 28.9. The highest BCUT2D eigenvalue weighted by Gasteiger charge is 2.29. The van der Waals surface area contributed by atoms with Crippen LogP contribution in [-0.2, 0) is 22.4 Å². The van der Waals surface area contributed by atoms with Gasteiger partial charge in [-0.15, -0.1) is 0 Å². The number of fused-ring (bicyclic) bond motifs is 1. The number of amides is 2. The Morgan fingerprint density at radius 1 is 1.05 bits per heavy atom. The first-order valence-electron chi connectivity index (χ1n) is 13.1. The standard InChI is InChI=1S/C29H37N5O3.CH4/c1-5-6-9-14-30-27(35)18-34(26-17-24(13-12-20(26)2)29-31-21(3)37-32-29)19-28(36)33(4)25-15-22-10-7-8-11-23(22)16-25;/h7-8,10-13,17,25H,5-6,9,14-16,18-19H2,1-4H3,(H,30,35);1H4. The third-order valence-electron chi connectivity index (χ3n) is 7.07. The first-order valence-corrected chi connectivity index (χ1v) is 13.1. The fraction of sp³-hybridized carbons (Fsp3) is 0.467. The average molecular weight is 520 g/mol. The molecule has 0 atom stereocenters. The Morgan fingerprint density at radius 2 is 1.76 bits per heavy atom. The zero-order valence-electron chi connectivity index (χ0n) is 22.3. The number of benzene rings is 2. The highest BCUT2D eigenvalue weighted by molar-refractivity contribution is 5.87. The smallest absolute Gasteiger partial charge is 0.242 e. The molecule has 4 rings (SSSR count). The monoisotopic (exact) mass is 519 g/mol. The normalized spacial score (nSPS) is 12.5. The molecule has 1 aliphatic rings. The lowest BCUT2D eigenvalue weighted by Gasteiger charge is -2.30. The number of nitrogens with zero attached hydrogens (tertiary/aromatic N) is 4. The molecule has 1 aromatic heterocycles. The SMILES string of the molecule is C.CCCCCNC(=O)CN(CC(=O)N(C)C1Cc2ccccc2C1)c1cc(-c2noc(C)n2)ccc1C. The quantitative estimate of drug-likeness (QED) is 0.368. The number of carbonyl (C=O) groups is 2. The van der Waals surface area contributed by atoms with E-state index in [1.54, 1.807) is 6.92 Å². The van der Waals surface area contributed by atoms with E-state index < -0.39 is 0 Å². The van der Waals surface area contributed by atoms with Crippen LogP contribution in [0.5, 0.6) is 0 Å². The van der Waals surface area contributed by atoms with Gasteiger partial charge in [0.1, 0.15) is 0 Å². The van der Waals surface area contributed by atoms with Crippen LogP contribution in [0.15, 0.2) is 47.0 Å². The van der Waals surface area contributed by atoms with Gasteiger partial charge in [0.15, 0.2) is 0 Å². The van der Waals surface area contributed by atoms with E-state index >= 15 is 0 Å². The zero-order chi connectivity index (χ0) is 26.4. The van der Waals surface area contributed by atoms with Crippen LogP contribution in [0, 0.1) is 13.8 Å². The van der Waals surface area contributed by atoms with E-state index in [2.05, 4.69) is 34.5 Å². The highest BCUT2D eigenvalue weighted by atomic mass is 16.5. The third kappa shape index (κ3) is 7.00. The number of likely N-dealkylation sites (N-methyl/N-ethyl adjacent to an activating group) is 1. The summed E-state index contributed by atoms with van der Waals surface area (Å²) in [5.41, 5.74) is 5.15. The van der Waals surface area contributed by atoms with Crippen LogP contribution in [-0.4, -0.2) is 59.6 Å². The second-order valence-electron chi connectivity index (χ2n) is 9.89. The van der Waals surface area contributed by atoms with Gasteiger partial charge in [-0.1, -0.05) is 68.7 Å². The third-order valence-corrected chi connectivity index (χ3v) is 7.07. The van der Waals surface area contributed by atoms with Crippen molar-refractivity contribution in [1.82, 2.24) is 20.4 Å². The second kappa shape index (κ2) is 13.2. The van der Waals surface area contributed by atoms with Gasteiger partial charge in [-0.25, -0.2) is 0 Å². The maximum atomic E-state index is 13.5. The Kier molecular flexibility index (Phi) is 10.0. The lowest BCUT2D eigenvalue weighted by Crippen LogP contribution is -2.47. The Morgan fingerprint density at radius 3 is 2.39 bits per heavy atom. The molecule has 3 aromatic rings. The highest BCUT2D eigenvalue weighted by Crippen LogP contribution is 2.28. The maximum Gasteiger partial charge on any atom is 0.242 e. The van der Waals surface area contributed by atoms with Crippen LogP contribution < -0.4 is 10.2 Å². The summed E-state index contributed by atoms with van der Waals surface area (Å²) >= 11 is 0. The van der Waals surface area contributed by atoms with E-state index in [4.69, 9.17) is 4.52 Å². The van der Waals surface area contributed by atoms with E-state index in [1.807, 2.05) is 54.1 Å². The molecule has 8 nitrogen and oxygen atoms in total. The van der Waals surface area contributed by atoms with Gasteiger partial charge in [-0.2, -0.15) is 4.98 Å². The van der Waals surface area contributed by atoms with Crippen molar-refractivity contribution in [3.05, 3.63) is 65.0 Å². The number of hydrogen-bond donors (Lipinski definition) is 1. The van der Waals surface area contributed by atoms with E-state index in [9.17, 15) is 9.59 Å². The lowest BCUT2D eigenvalue weighted by molar-refractivity contribution is -0.130. The summed E-state index contributed by atoms with van der Waals surface area (Å²) in [5.74, 6) is 0.849. The van der Waals surface area contributed by atoms with Crippen LogP contribution in [0.2, 0.25) is 0 Å². The van der Waals surface area contributed by atoms with Gasteiger partial charge in [0, 0.05) is 37.8 Å². The van der Waals surface area contributed by atoms with Crippen LogP contribution in [0.1, 0.15) is 56.2 Å². The van der Waals surface area contributed by atoms with Gasteiger partial charge in [0.2, 0.25) is 23.5 Å². The van der Waals surface area contributed by atoms with Crippen molar-refractivity contribution in [1.29, 1.82) is 0 Å². The van der Waals surface area contributed by atoms with Crippen molar-refractivity contribution in [3.63, 3.8) is 0 Å². The van der Waals surface area contributed by atoms with Crippen LogP contribution in [0.25, 0.3) is 11.4 Å². The van der Waals surface area contributed by atoms with Crippen LogP contribution >= 0.6 is 0 Å². The minimum atomic E-state index is -0.0972. The molecule has 0 fully saturated rings. The molecule has 204 valence electrons. The van der Waals surface area contributed by atoms with E-state index in [0.717, 1.165) is 48.9 Å². The largest absolute Gasteiger partial charge is 0.355 e. The number of rotatable bonds is 11. The van der Waals surface area contributed by atoms with Crippen molar-refractivity contribution >= 4 is 17.5 Å². The minimum absolute atomic E-state index is 0. The maximum absolute atomic E-state index is 13.5. The molecule has 0 radical (unpaired) electrons. The lowest BCUT2D eigenvalue weighted by atomic mass is 10.1. The van der Waals surface area contributed by atoms with E-state index in [-0.39, 0.29) is 38.4 Å². The van der Waals surface area contributed by atoms with Gasteiger partial charge in [0.25, 0.3) is 0 Å². The average Bonchev–Trinajstić information content (AvgIpc) is 3.52. The van der Waals surface area contributed by atoms with Crippen molar-refractivity contribution in [2.24, 2.45) is 0 Å². The Hall–Kier alpha value is -3.68. The molecule has 0 saturated carbocycles. The predicted octanol–water partition coefficient (Wildman–Crippen LogP) is 4.73. The number of anilines is 1. The van der Waals surface area contributed by atoms with Crippen LogP contribution in [0.3, 0.4) is 0 Å². The molecule has 0 saturated heterocycles. The molecule has 1 heterocycles. The van der Waals surface area contributed by atoms with Crippen molar-refractivity contribution in [3.8, 4) is 11.4 Å². The summed E-state index contributed by atoms with van der Waals surface area (Å²) in [6, 6.07) is 14.3. The van der Waals surface area contributed by atoms with Gasteiger partial charge in [0.05, 0.1) is 13.1 Å². The Labute approximate surface area is 226 Å². The van der Waals surface area contributed by atoms with Gasteiger partial charge in [-0.3, -0.25) is 9.59 Å². The molecule has 0 bridgehead atoms. The molecule has 38 heavy (non-hydrogen) atoms.